The highest BCUT2D eigenvalue weighted by Crippen LogP contribution is 2.33. The van der Waals surface area contributed by atoms with Crippen LogP contribution in [0.1, 0.15) is 47.2 Å². The quantitative estimate of drug-likeness (QED) is 0.784. The molecule has 1 aromatic rings. The van der Waals surface area contributed by atoms with E-state index >= 15 is 0 Å². The van der Waals surface area contributed by atoms with Crippen LogP contribution in [-0.4, -0.2) is 41.5 Å². The molecule has 0 fully saturated rings. The Morgan fingerprint density at radius 1 is 1.50 bits per heavy atom. The molecule has 110 valence electrons. The summed E-state index contributed by atoms with van der Waals surface area (Å²) in [5, 5.41) is 0.406. The van der Waals surface area contributed by atoms with Crippen LogP contribution in [0.3, 0.4) is 0 Å². The molecular formula is C13H18N2O4S. The summed E-state index contributed by atoms with van der Waals surface area (Å²) in [6.45, 7) is 6.21. The molecule has 1 aliphatic rings. The third-order valence-corrected chi connectivity index (χ3v) is 3.92. The molecule has 7 heteroatoms. The Balaban J connectivity index is 2.20. The first-order chi connectivity index (χ1) is 9.34. The fourth-order valence-corrected chi connectivity index (χ4v) is 2.93. The topological polar surface area (TPSA) is 68.7 Å². The Morgan fingerprint density at radius 3 is 2.75 bits per heavy atom. The average molecular weight is 298 g/mol. The smallest absolute Gasteiger partial charge is 0.410 e. The van der Waals surface area contributed by atoms with E-state index < -0.39 is 11.7 Å². The van der Waals surface area contributed by atoms with Crippen LogP contribution in [0.5, 0.6) is 0 Å². The van der Waals surface area contributed by atoms with Crippen LogP contribution in [0.2, 0.25) is 0 Å². The number of thiazole rings is 1. The standard InChI is InChI=1S/C13H18N2O4S/c1-13(2,3)19-12(17)15-5-8-11(9(6-15)18-4)20-10(7-16)14-8/h7,9H,5-6H2,1-4H3. The molecule has 0 saturated carbocycles. The number of carbonyl (C=O) groups excluding carboxylic acids is 2. The average Bonchev–Trinajstić information content (AvgIpc) is 2.78. The van der Waals surface area contributed by atoms with Gasteiger partial charge in [0, 0.05) is 7.11 Å². The third-order valence-electron chi connectivity index (χ3n) is 2.80. The van der Waals surface area contributed by atoms with Crippen LogP contribution in [0, 0.1) is 0 Å². The molecule has 0 aromatic carbocycles. The van der Waals surface area contributed by atoms with Gasteiger partial charge in [-0.2, -0.15) is 0 Å². The van der Waals surface area contributed by atoms with Crippen LogP contribution >= 0.6 is 11.3 Å². The van der Waals surface area contributed by atoms with Gasteiger partial charge < -0.3 is 9.47 Å². The van der Waals surface area contributed by atoms with Gasteiger partial charge in [-0.15, -0.1) is 11.3 Å². The van der Waals surface area contributed by atoms with E-state index in [2.05, 4.69) is 4.98 Å². The van der Waals surface area contributed by atoms with Gasteiger partial charge in [-0.3, -0.25) is 9.69 Å². The number of aromatic nitrogens is 1. The van der Waals surface area contributed by atoms with Crippen LogP contribution < -0.4 is 0 Å². The lowest BCUT2D eigenvalue weighted by molar-refractivity contribution is 0.000580. The first-order valence-corrected chi connectivity index (χ1v) is 7.11. The summed E-state index contributed by atoms with van der Waals surface area (Å²) < 4.78 is 10.7. The van der Waals surface area contributed by atoms with Crippen molar-refractivity contribution in [3.63, 3.8) is 0 Å². The molecule has 2 rings (SSSR count). The van der Waals surface area contributed by atoms with Crippen LogP contribution in [0.15, 0.2) is 0 Å². The summed E-state index contributed by atoms with van der Waals surface area (Å²) >= 11 is 1.31. The predicted octanol–water partition coefficient (Wildman–Crippen LogP) is 2.39. The summed E-state index contributed by atoms with van der Waals surface area (Å²) in [5.41, 5.74) is 0.164. The minimum atomic E-state index is -0.546. The molecule has 0 aliphatic carbocycles. The molecule has 1 amide bonds. The molecule has 0 saturated heterocycles. The number of ether oxygens (including phenoxy) is 2. The van der Waals surface area contributed by atoms with E-state index in [1.165, 1.54) is 11.3 Å². The molecule has 20 heavy (non-hydrogen) atoms. The highest BCUT2D eigenvalue weighted by atomic mass is 32.1. The minimum Gasteiger partial charge on any atom is -0.444 e. The maximum atomic E-state index is 12.1. The number of amides is 1. The third kappa shape index (κ3) is 3.16. The maximum Gasteiger partial charge on any atom is 0.410 e. The van der Waals surface area contributed by atoms with E-state index in [4.69, 9.17) is 9.47 Å². The number of hydrogen-bond acceptors (Lipinski definition) is 6. The number of fused-ring (bicyclic) bond motifs is 1. The Labute approximate surface area is 121 Å². The zero-order valence-electron chi connectivity index (χ0n) is 12.0. The summed E-state index contributed by atoms with van der Waals surface area (Å²) in [6, 6.07) is 0. The van der Waals surface area contributed by atoms with Gasteiger partial charge in [-0.25, -0.2) is 9.78 Å². The second kappa shape index (κ2) is 5.49. The number of carbonyl (C=O) groups is 2. The summed E-state index contributed by atoms with van der Waals surface area (Å²) in [5.74, 6) is 0. The normalized spacial score (nSPS) is 18.6. The number of methoxy groups -OCH3 is 1. The fourth-order valence-electron chi connectivity index (χ4n) is 1.97. The lowest BCUT2D eigenvalue weighted by atomic mass is 10.1. The SMILES string of the molecule is COC1CN(C(=O)OC(C)(C)C)Cc2nc(C=O)sc21. The van der Waals surface area contributed by atoms with E-state index in [-0.39, 0.29) is 6.10 Å². The number of rotatable bonds is 2. The molecule has 1 aliphatic heterocycles. The molecule has 0 bridgehead atoms. The molecule has 6 nitrogen and oxygen atoms in total. The first-order valence-electron chi connectivity index (χ1n) is 6.29. The van der Waals surface area contributed by atoms with Gasteiger partial charge in [0.15, 0.2) is 11.3 Å². The van der Waals surface area contributed by atoms with E-state index in [1.807, 2.05) is 20.8 Å². The Morgan fingerprint density at radius 2 is 2.20 bits per heavy atom. The van der Waals surface area contributed by atoms with Gasteiger partial charge in [0.25, 0.3) is 0 Å². The van der Waals surface area contributed by atoms with Gasteiger partial charge in [0.05, 0.1) is 23.7 Å². The van der Waals surface area contributed by atoms with Crippen LogP contribution in [0.4, 0.5) is 4.79 Å². The second-order valence-electron chi connectivity index (χ2n) is 5.57. The zero-order valence-corrected chi connectivity index (χ0v) is 12.8. The fraction of sp³-hybridized carbons (Fsp3) is 0.615. The lowest BCUT2D eigenvalue weighted by Gasteiger charge is -2.32. The molecule has 1 atom stereocenters. The van der Waals surface area contributed by atoms with Crippen molar-refractivity contribution in [1.29, 1.82) is 0 Å². The van der Waals surface area contributed by atoms with Crippen LogP contribution in [-0.2, 0) is 16.0 Å². The Bertz CT molecular complexity index is 521. The molecular weight excluding hydrogens is 280 g/mol. The summed E-state index contributed by atoms with van der Waals surface area (Å²) in [4.78, 5) is 29.6. The van der Waals surface area contributed by atoms with Crippen molar-refractivity contribution >= 4 is 23.7 Å². The Kier molecular flexibility index (Phi) is 4.10. The maximum absolute atomic E-state index is 12.1. The van der Waals surface area contributed by atoms with Gasteiger partial charge in [-0.1, -0.05) is 0 Å². The first kappa shape index (κ1) is 14.9. The highest BCUT2D eigenvalue weighted by Gasteiger charge is 2.33. The van der Waals surface area contributed by atoms with E-state index in [0.717, 1.165) is 4.88 Å². The lowest BCUT2D eigenvalue weighted by Crippen LogP contribution is -2.41. The van der Waals surface area contributed by atoms with E-state index in [0.29, 0.717) is 30.1 Å². The van der Waals surface area contributed by atoms with E-state index in [1.54, 1.807) is 12.0 Å². The predicted molar refractivity (Wildman–Crippen MR) is 73.9 cm³/mol. The zero-order chi connectivity index (χ0) is 14.9. The van der Waals surface area contributed by atoms with Gasteiger partial charge in [0.2, 0.25) is 0 Å². The number of aldehydes is 1. The Hall–Kier alpha value is -1.47. The van der Waals surface area contributed by atoms with Crippen molar-refractivity contribution in [2.24, 2.45) is 0 Å². The number of nitrogens with zero attached hydrogens (tertiary/aromatic N) is 2. The molecule has 0 N–H and O–H groups in total. The molecule has 1 aromatic heterocycles. The van der Waals surface area contributed by atoms with Gasteiger partial charge >= 0.3 is 6.09 Å². The van der Waals surface area contributed by atoms with Crippen LogP contribution in [0.25, 0.3) is 0 Å². The molecule has 2 heterocycles. The molecule has 0 radical (unpaired) electrons. The van der Waals surface area contributed by atoms with Gasteiger partial charge in [0.1, 0.15) is 11.7 Å². The highest BCUT2D eigenvalue weighted by molar-refractivity contribution is 7.13. The largest absolute Gasteiger partial charge is 0.444 e. The van der Waals surface area contributed by atoms with Crippen molar-refractivity contribution in [3.05, 3.63) is 15.6 Å². The van der Waals surface area contributed by atoms with Crippen molar-refractivity contribution in [3.8, 4) is 0 Å². The van der Waals surface area contributed by atoms with E-state index in [9.17, 15) is 9.59 Å². The molecule has 1 unspecified atom stereocenters. The van der Waals surface area contributed by atoms with Gasteiger partial charge in [-0.05, 0) is 20.8 Å². The van der Waals surface area contributed by atoms with Crippen molar-refractivity contribution in [1.82, 2.24) is 9.88 Å². The summed E-state index contributed by atoms with van der Waals surface area (Å²) in [7, 11) is 1.58. The van der Waals surface area contributed by atoms with Crippen molar-refractivity contribution < 1.29 is 19.1 Å². The molecule has 0 spiro atoms. The monoisotopic (exact) mass is 298 g/mol. The van der Waals surface area contributed by atoms with Crippen molar-refractivity contribution in [2.75, 3.05) is 13.7 Å². The second-order valence-corrected chi connectivity index (χ2v) is 6.63. The number of hydrogen-bond donors (Lipinski definition) is 0. The van der Waals surface area contributed by atoms with Crippen molar-refractivity contribution in [2.45, 2.75) is 39.0 Å². The minimum absolute atomic E-state index is 0.266. The summed E-state index contributed by atoms with van der Waals surface area (Å²) in [6.07, 6.45) is 0.0522.